The lowest BCUT2D eigenvalue weighted by Crippen LogP contribution is -2.42. The molecule has 3 aliphatic carbocycles. The molecule has 2 atom stereocenters. The molecule has 2 saturated carbocycles. The van der Waals surface area contributed by atoms with Gasteiger partial charge in [0.1, 0.15) is 6.61 Å². The van der Waals surface area contributed by atoms with Crippen LogP contribution in [0, 0.1) is 11.8 Å². The summed E-state index contributed by atoms with van der Waals surface area (Å²) in [7, 11) is 0. The van der Waals surface area contributed by atoms with Gasteiger partial charge in [-0.25, -0.2) is 4.79 Å². The number of benzene rings is 2. The van der Waals surface area contributed by atoms with E-state index in [9.17, 15) is 14.4 Å². The van der Waals surface area contributed by atoms with Crippen molar-refractivity contribution in [3.8, 4) is 11.1 Å². The standard InChI is InChI=1S/C28H32N2O5/c31-26(32)14-15-30(19-12-13-19)27(33)20-11-5-6-18(20)16-29-28(34)35-17-25-23-9-3-1-7-21(23)22-8-2-4-10-24(22)25/h1-4,7-10,18-20,25H,5-6,11-17H2,(H,29,34)(H,31,32)/t18-,20-/m0/s1. The van der Waals surface area contributed by atoms with Crippen LogP contribution in [0.4, 0.5) is 4.79 Å². The summed E-state index contributed by atoms with van der Waals surface area (Å²) < 4.78 is 5.65. The molecular weight excluding hydrogens is 444 g/mol. The molecule has 2 fully saturated rings. The minimum atomic E-state index is -0.886. The summed E-state index contributed by atoms with van der Waals surface area (Å²) in [5.41, 5.74) is 4.72. The van der Waals surface area contributed by atoms with Crippen molar-refractivity contribution in [1.29, 1.82) is 0 Å². The Morgan fingerprint density at radius 2 is 1.60 bits per heavy atom. The Kier molecular flexibility index (Phi) is 6.75. The summed E-state index contributed by atoms with van der Waals surface area (Å²) in [6.07, 6.45) is 3.99. The molecule has 7 heteroatoms. The van der Waals surface area contributed by atoms with E-state index in [0.29, 0.717) is 6.54 Å². The lowest BCUT2D eigenvalue weighted by atomic mass is 9.94. The Balaban J connectivity index is 1.16. The molecule has 0 spiro atoms. The first-order valence-electron chi connectivity index (χ1n) is 12.6. The Hall–Kier alpha value is -3.35. The minimum Gasteiger partial charge on any atom is -0.481 e. The maximum Gasteiger partial charge on any atom is 0.407 e. The fraction of sp³-hybridized carbons (Fsp3) is 0.464. The summed E-state index contributed by atoms with van der Waals surface area (Å²) in [5, 5.41) is 11.9. The Morgan fingerprint density at radius 3 is 2.23 bits per heavy atom. The van der Waals surface area contributed by atoms with Crippen LogP contribution in [-0.4, -0.2) is 53.7 Å². The van der Waals surface area contributed by atoms with Gasteiger partial charge in [0, 0.05) is 31.0 Å². The maximum absolute atomic E-state index is 13.2. The van der Waals surface area contributed by atoms with E-state index >= 15 is 0 Å². The molecule has 7 nitrogen and oxygen atoms in total. The van der Waals surface area contributed by atoms with Crippen LogP contribution in [0.15, 0.2) is 48.5 Å². The zero-order chi connectivity index (χ0) is 24.4. The molecular formula is C28H32N2O5. The molecule has 2 aromatic carbocycles. The van der Waals surface area contributed by atoms with Crippen LogP contribution in [0.3, 0.4) is 0 Å². The van der Waals surface area contributed by atoms with Crippen LogP contribution >= 0.6 is 0 Å². The van der Waals surface area contributed by atoms with Crippen LogP contribution in [0.25, 0.3) is 11.1 Å². The van der Waals surface area contributed by atoms with Gasteiger partial charge in [0.05, 0.1) is 6.42 Å². The van der Waals surface area contributed by atoms with Gasteiger partial charge >= 0.3 is 12.1 Å². The van der Waals surface area contributed by atoms with Crippen LogP contribution in [0.1, 0.15) is 55.6 Å². The van der Waals surface area contributed by atoms with E-state index in [1.54, 1.807) is 4.90 Å². The van der Waals surface area contributed by atoms with E-state index in [-0.39, 0.29) is 49.3 Å². The van der Waals surface area contributed by atoms with E-state index in [1.807, 2.05) is 24.3 Å². The normalized spacial score (nSPS) is 20.7. The number of aliphatic carboxylic acids is 1. The van der Waals surface area contributed by atoms with Gasteiger partial charge in [0.15, 0.2) is 0 Å². The lowest BCUT2D eigenvalue weighted by Gasteiger charge is -2.28. The second-order valence-electron chi connectivity index (χ2n) is 9.91. The Labute approximate surface area is 205 Å². The number of rotatable bonds is 9. The van der Waals surface area contributed by atoms with E-state index in [1.165, 1.54) is 22.3 Å². The number of nitrogens with one attached hydrogen (secondary N) is 1. The third-order valence-electron chi connectivity index (χ3n) is 7.67. The van der Waals surface area contributed by atoms with E-state index < -0.39 is 12.1 Å². The first-order valence-corrected chi connectivity index (χ1v) is 12.6. The fourth-order valence-electron chi connectivity index (χ4n) is 5.76. The number of ether oxygens (including phenoxy) is 1. The summed E-state index contributed by atoms with van der Waals surface area (Å²) in [6.45, 7) is 0.921. The van der Waals surface area contributed by atoms with Gasteiger partial charge in [0.25, 0.3) is 0 Å². The summed E-state index contributed by atoms with van der Waals surface area (Å²) >= 11 is 0. The number of carboxylic acid groups (broad SMARTS) is 1. The smallest absolute Gasteiger partial charge is 0.407 e. The number of hydrogen-bond donors (Lipinski definition) is 2. The second kappa shape index (κ2) is 10.1. The SMILES string of the molecule is O=C(O)CCN(C(=O)[C@H]1CCC[C@H]1CNC(=O)OCC1c2ccccc2-c2ccccc21)C1CC1. The molecule has 2 amide bonds. The van der Waals surface area contributed by atoms with Crippen molar-refractivity contribution >= 4 is 18.0 Å². The Bertz CT molecular complexity index is 1070. The molecule has 0 unspecified atom stereocenters. The first kappa shape index (κ1) is 23.4. The predicted molar refractivity (Wildman–Crippen MR) is 131 cm³/mol. The van der Waals surface area contributed by atoms with Crippen LogP contribution < -0.4 is 5.32 Å². The van der Waals surface area contributed by atoms with Crippen molar-refractivity contribution in [3.05, 3.63) is 59.7 Å². The summed E-state index contributed by atoms with van der Waals surface area (Å²) in [6, 6.07) is 16.6. The second-order valence-corrected chi connectivity index (χ2v) is 9.91. The van der Waals surface area contributed by atoms with Crippen molar-refractivity contribution in [1.82, 2.24) is 10.2 Å². The summed E-state index contributed by atoms with van der Waals surface area (Å²) in [5.74, 6) is -0.948. The molecule has 0 saturated heterocycles. The lowest BCUT2D eigenvalue weighted by molar-refractivity contribution is -0.140. The van der Waals surface area contributed by atoms with Crippen LogP contribution in [0.5, 0.6) is 0 Å². The van der Waals surface area contributed by atoms with Crippen molar-refractivity contribution in [2.24, 2.45) is 11.8 Å². The predicted octanol–water partition coefficient (Wildman–Crippen LogP) is 4.41. The highest BCUT2D eigenvalue weighted by molar-refractivity contribution is 5.81. The van der Waals surface area contributed by atoms with Crippen molar-refractivity contribution in [2.75, 3.05) is 19.7 Å². The number of fused-ring (bicyclic) bond motifs is 3. The Morgan fingerprint density at radius 1 is 0.943 bits per heavy atom. The molecule has 184 valence electrons. The average molecular weight is 477 g/mol. The zero-order valence-electron chi connectivity index (χ0n) is 19.8. The molecule has 0 bridgehead atoms. The molecule has 0 radical (unpaired) electrons. The van der Waals surface area contributed by atoms with E-state index in [4.69, 9.17) is 9.84 Å². The minimum absolute atomic E-state index is 0.00953. The van der Waals surface area contributed by atoms with Gasteiger partial charge in [-0.1, -0.05) is 55.0 Å². The third-order valence-corrected chi connectivity index (χ3v) is 7.67. The third kappa shape index (κ3) is 5.04. The molecule has 2 N–H and O–H groups in total. The number of alkyl carbamates (subject to hydrolysis) is 1. The molecule has 2 aromatic rings. The highest BCUT2D eigenvalue weighted by Crippen LogP contribution is 2.44. The number of carboxylic acids is 1. The average Bonchev–Trinajstić information content (AvgIpc) is 3.49. The van der Waals surface area contributed by atoms with Crippen molar-refractivity contribution < 1.29 is 24.2 Å². The molecule has 5 rings (SSSR count). The van der Waals surface area contributed by atoms with E-state index in [2.05, 4.69) is 29.6 Å². The quantitative estimate of drug-likeness (QED) is 0.559. The molecule has 0 aromatic heterocycles. The topological polar surface area (TPSA) is 95.9 Å². The van der Waals surface area contributed by atoms with Gasteiger partial charge in [-0.3, -0.25) is 9.59 Å². The van der Waals surface area contributed by atoms with Gasteiger partial charge in [0.2, 0.25) is 5.91 Å². The fourth-order valence-corrected chi connectivity index (χ4v) is 5.76. The van der Waals surface area contributed by atoms with Gasteiger partial charge in [-0.05, 0) is 53.9 Å². The van der Waals surface area contributed by atoms with Gasteiger partial charge in [-0.2, -0.15) is 0 Å². The number of amides is 2. The highest BCUT2D eigenvalue weighted by Gasteiger charge is 2.40. The number of carbonyl (C=O) groups is 3. The molecule has 3 aliphatic rings. The molecule has 0 aliphatic heterocycles. The summed E-state index contributed by atoms with van der Waals surface area (Å²) in [4.78, 5) is 38.6. The number of nitrogens with zero attached hydrogens (tertiary/aromatic N) is 1. The van der Waals surface area contributed by atoms with Gasteiger partial charge < -0.3 is 20.1 Å². The maximum atomic E-state index is 13.2. The van der Waals surface area contributed by atoms with Crippen LogP contribution in [-0.2, 0) is 14.3 Å². The van der Waals surface area contributed by atoms with Crippen molar-refractivity contribution in [2.45, 2.75) is 50.5 Å². The van der Waals surface area contributed by atoms with Gasteiger partial charge in [-0.15, -0.1) is 0 Å². The largest absolute Gasteiger partial charge is 0.481 e. The molecule has 35 heavy (non-hydrogen) atoms. The van der Waals surface area contributed by atoms with Crippen LogP contribution in [0.2, 0.25) is 0 Å². The monoisotopic (exact) mass is 476 g/mol. The zero-order valence-corrected chi connectivity index (χ0v) is 19.8. The first-order chi connectivity index (χ1) is 17.0. The molecule has 0 heterocycles. The number of hydrogen-bond acceptors (Lipinski definition) is 4. The number of carbonyl (C=O) groups excluding carboxylic acids is 2. The highest BCUT2D eigenvalue weighted by atomic mass is 16.5. The van der Waals surface area contributed by atoms with E-state index in [0.717, 1.165) is 32.1 Å². The van der Waals surface area contributed by atoms with Crippen molar-refractivity contribution in [3.63, 3.8) is 0 Å².